The molecular formula is C10H13N5S. The minimum Gasteiger partial charge on any atom is -0.378 e. The summed E-state index contributed by atoms with van der Waals surface area (Å²) in [6.45, 7) is 2.01. The fourth-order valence-corrected chi connectivity index (χ4v) is 2.59. The molecule has 1 fully saturated rings. The maximum Gasteiger partial charge on any atom is 0.168 e. The van der Waals surface area contributed by atoms with Crippen LogP contribution in [-0.4, -0.2) is 26.2 Å². The lowest BCUT2D eigenvalue weighted by atomic mass is 10.2. The zero-order chi connectivity index (χ0) is 11.1. The highest BCUT2D eigenvalue weighted by atomic mass is 32.1. The average molecular weight is 235 g/mol. The number of aryl methyl sites for hydroxylation is 1. The molecule has 0 spiro atoms. The van der Waals surface area contributed by atoms with Crippen LogP contribution in [0.1, 0.15) is 24.6 Å². The predicted octanol–water partition coefficient (Wildman–Crippen LogP) is 2.09. The maximum absolute atomic E-state index is 4.36. The van der Waals surface area contributed by atoms with Crippen molar-refractivity contribution in [2.75, 3.05) is 12.4 Å². The quantitative estimate of drug-likeness (QED) is 0.885. The number of aromatic nitrogens is 4. The van der Waals surface area contributed by atoms with Crippen LogP contribution in [0.15, 0.2) is 6.33 Å². The smallest absolute Gasteiger partial charge is 0.168 e. The Hall–Kier alpha value is -1.43. The van der Waals surface area contributed by atoms with Gasteiger partial charge in [-0.25, -0.2) is 0 Å². The van der Waals surface area contributed by atoms with E-state index in [1.807, 2.05) is 20.3 Å². The minimum atomic E-state index is 0.592. The molecule has 0 bridgehead atoms. The molecule has 2 aromatic heterocycles. The molecule has 1 N–H and O–H groups in total. The van der Waals surface area contributed by atoms with Crippen LogP contribution in [-0.2, 0) is 0 Å². The molecule has 5 nitrogen and oxygen atoms in total. The number of nitrogens with one attached hydrogen (secondary N) is 1. The van der Waals surface area contributed by atoms with E-state index in [1.165, 1.54) is 24.4 Å². The van der Waals surface area contributed by atoms with Crippen molar-refractivity contribution >= 4 is 16.5 Å². The predicted molar refractivity (Wildman–Crippen MR) is 63.7 cm³/mol. The summed E-state index contributed by atoms with van der Waals surface area (Å²) in [6.07, 6.45) is 4.29. The molecule has 1 aliphatic carbocycles. The van der Waals surface area contributed by atoms with E-state index in [4.69, 9.17) is 0 Å². The number of anilines is 1. The molecule has 1 aliphatic rings. The summed E-state index contributed by atoms with van der Waals surface area (Å²) >= 11 is 1.47. The molecule has 0 aliphatic heterocycles. The molecule has 16 heavy (non-hydrogen) atoms. The van der Waals surface area contributed by atoms with Crippen molar-refractivity contribution in [3.8, 4) is 11.4 Å². The molecule has 0 radical (unpaired) electrons. The van der Waals surface area contributed by atoms with E-state index in [-0.39, 0.29) is 0 Å². The number of rotatable bonds is 3. The zero-order valence-corrected chi connectivity index (χ0v) is 10.1. The first-order chi connectivity index (χ1) is 7.81. The number of hydrogen-bond donors (Lipinski definition) is 1. The molecule has 1 saturated carbocycles. The third-order valence-electron chi connectivity index (χ3n) is 2.83. The minimum absolute atomic E-state index is 0.592. The lowest BCUT2D eigenvalue weighted by molar-refractivity contribution is 0.746. The van der Waals surface area contributed by atoms with Crippen LogP contribution in [0, 0.1) is 6.92 Å². The van der Waals surface area contributed by atoms with Gasteiger partial charge >= 0.3 is 0 Å². The van der Waals surface area contributed by atoms with Gasteiger partial charge in [-0.2, -0.15) is 4.37 Å². The lowest BCUT2D eigenvalue weighted by Crippen LogP contribution is -1.98. The Morgan fingerprint density at radius 2 is 2.31 bits per heavy atom. The standard InChI is InChI=1S/C10H13N5S/c1-6-8(10(11-2)16-14-6)9-13-12-5-15(9)7-3-4-7/h5,7,11H,3-4H2,1-2H3. The second-order valence-electron chi connectivity index (χ2n) is 4.02. The Kier molecular flexibility index (Phi) is 2.17. The average Bonchev–Trinajstić information content (AvgIpc) is 2.90. The highest BCUT2D eigenvalue weighted by Crippen LogP contribution is 2.40. The first-order valence-corrected chi connectivity index (χ1v) is 6.12. The molecule has 2 aromatic rings. The van der Waals surface area contributed by atoms with E-state index >= 15 is 0 Å². The van der Waals surface area contributed by atoms with Gasteiger partial charge in [0.05, 0.1) is 11.3 Å². The van der Waals surface area contributed by atoms with Crippen molar-refractivity contribution < 1.29 is 0 Å². The van der Waals surface area contributed by atoms with Gasteiger partial charge in [0, 0.05) is 13.1 Å². The fraction of sp³-hybridized carbons (Fsp3) is 0.500. The van der Waals surface area contributed by atoms with Gasteiger partial charge in [0.15, 0.2) is 5.82 Å². The topological polar surface area (TPSA) is 55.6 Å². The van der Waals surface area contributed by atoms with E-state index in [0.29, 0.717) is 6.04 Å². The molecular weight excluding hydrogens is 222 g/mol. The van der Waals surface area contributed by atoms with E-state index in [9.17, 15) is 0 Å². The summed E-state index contributed by atoms with van der Waals surface area (Å²) in [7, 11) is 1.91. The van der Waals surface area contributed by atoms with Crippen molar-refractivity contribution in [3.63, 3.8) is 0 Å². The zero-order valence-electron chi connectivity index (χ0n) is 9.27. The third-order valence-corrected chi connectivity index (χ3v) is 3.78. The normalized spacial score (nSPS) is 15.4. The molecule has 0 aromatic carbocycles. The fourth-order valence-electron chi connectivity index (χ4n) is 1.85. The Labute approximate surface area is 97.7 Å². The molecule has 6 heteroatoms. The monoisotopic (exact) mass is 235 g/mol. The summed E-state index contributed by atoms with van der Waals surface area (Å²) in [5, 5.41) is 12.5. The molecule has 3 rings (SSSR count). The Morgan fingerprint density at radius 1 is 1.50 bits per heavy atom. The summed E-state index contributed by atoms with van der Waals surface area (Å²) in [4.78, 5) is 0. The summed E-state index contributed by atoms with van der Waals surface area (Å²) in [5.74, 6) is 0.943. The molecule has 84 valence electrons. The van der Waals surface area contributed by atoms with Crippen molar-refractivity contribution in [3.05, 3.63) is 12.0 Å². The van der Waals surface area contributed by atoms with E-state index in [1.54, 1.807) is 0 Å². The molecule has 0 amide bonds. The van der Waals surface area contributed by atoms with Gasteiger partial charge in [-0.05, 0) is 31.3 Å². The SMILES string of the molecule is CNc1snc(C)c1-c1nncn1C1CC1. The second kappa shape index (κ2) is 3.55. The van der Waals surface area contributed by atoms with Crippen LogP contribution in [0.2, 0.25) is 0 Å². The summed E-state index contributed by atoms with van der Waals surface area (Å²) < 4.78 is 6.53. The highest BCUT2D eigenvalue weighted by molar-refractivity contribution is 7.10. The van der Waals surface area contributed by atoms with Crippen molar-refractivity contribution in [1.29, 1.82) is 0 Å². The van der Waals surface area contributed by atoms with Gasteiger partial charge in [-0.3, -0.25) is 0 Å². The lowest BCUT2D eigenvalue weighted by Gasteiger charge is -2.05. The van der Waals surface area contributed by atoms with Crippen molar-refractivity contribution in [2.24, 2.45) is 0 Å². The van der Waals surface area contributed by atoms with Crippen molar-refractivity contribution in [2.45, 2.75) is 25.8 Å². The molecule has 2 heterocycles. The van der Waals surface area contributed by atoms with Gasteiger partial charge in [0.1, 0.15) is 11.3 Å². The van der Waals surface area contributed by atoms with Gasteiger partial charge < -0.3 is 9.88 Å². The Morgan fingerprint density at radius 3 is 3.00 bits per heavy atom. The first kappa shape index (κ1) is 9.77. The molecule has 0 atom stereocenters. The maximum atomic E-state index is 4.36. The van der Waals surface area contributed by atoms with Crippen molar-refractivity contribution in [1.82, 2.24) is 19.1 Å². The van der Waals surface area contributed by atoms with E-state index in [0.717, 1.165) is 22.1 Å². The van der Waals surface area contributed by atoms with E-state index < -0.39 is 0 Å². The van der Waals surface area contributed by atoms with Crippen LogP contribution in [0.4, 0.5) is 5.00 Å². The summed E-state index contributed by atoms with van der Waals surface area (Å²) in [5.41, 5.74) is 2.11. The van der Waals surface area contributed by atoms with Gasteiger partial charge in [0.2, 0.25) is 0 Å². The number of nitrogens with zero attached hydrogens (tertiary/aromatic N) is 4. The Balaban J connectivity index is 2.13. The second-order valence-corrected chi connectivity index (χ2v) is 4.79. The van der Waals surface area contributed by atoms with Gasteiger partial charge in [0.25, 0.3) is 0 Å². The van der Waals surface area contributed by atoms with Crippen LogP contribution < -0.4 is 5.32 Å². The van der Waals surface area contributed by atoms with Crippen LogP contribution in [0.5, 0.6) is 0 Å². The van der Waals surface area contributed by atoms with Gasteiger partial charge in [-0.15, -0.1) is 10.2 Å². The van der Waals surface area contributed by atoms with Crippen LogP contribution >= 0.6 is 11.5 Å². The Bertz CT molecular complexity index is 511. The van der Waals surface area contributed by atoms with Crippen LogP contribution in [0.3, 0.4) is 0 Å². The third kappa shape index (κ3) is 1.41. The summed E-state index contributed by atoms with van der Waals surface area (Å²) in [6, 6.07) is 0.592. The number of hydrogen-bond acceptors (Lipinski definition) is 5. The van der Waals surface area contributed by atoms with Gasteiger partial charge in [-0.1, -0.05) is 0 Å². The highest BCUT2D eigenvalue weighted by Gasteiger charge is 2.28. The molecule has 0 unspecified atom stereocenters. The van der Waals surface area contributed by atoms with Crippen LogP contribution in [0.25, 0.3) is 11.4 Å². The van der Waals surface area contributed by atoms with E-state index in [2.05, 4.69) is 24.5 Å². The molecule has 0 saturated heterocycles. The first-order valence-electron chi connectivity index (χ1n) is 5.35. The largest absolute Gasteiger partial charge is 0.378 e.